The van der Waals surface area contributed by atoms with Crippen molar-refractivity contribution in [2.24, 2.45) is 0 Å². The van der Waals surface area contributed by atoms with Gasteiger partial charge in [0.25, 0.3) is 0 Å². The van der Waals surface area contributed by atoms with E-state index in [1.165, 1.54) is 18.1 Å². The number of alkyl halides is 1. The van der Waals surface area contributed by atoms with Gasteiger partial charge >= 0.3 is 5.69 Å². The van der Waals surface area contributed by atoms with Gasteiger partial charge in [-0.25, -0.2) is 9.29 Å². The van der Waals surface area contributed by atoms with Gasteiger partial charge in [0.05, 0.1) is 6.54 Å². The van der Waals surface area contributed by atoms with Gasteiger partial charge in [0.15, 0.2) is 0 Å². The molecule has 0 saturated carbocycles. The first-order valence-corrected chi connectivity index (χ1v) is 10.6. The number of carbonyl (C=O) groups is 2. The average Bonchev–Trinajstić information content (AvgIpc) is 2.78. The van der Waals surface area contributed by atoms with Gasteiger partial charge in [-0.3, -0.25) is 9.59 Å². The lowest BCUT2D eigenvalue weighted by molar-refractivity contribution is -0.133. The number of halogens is 2. The highest BCUT2D eigenvalue weighted by Crippen LogP contribution is 2.34. The zero-order chi connectivity index (χ0) is 21.5. The third kappa shape index (κ3) is 5.61. The van der Waals surface area contributed by atoms with Crippen LogP contribution in [0.1, 0.15) is 0 Å². The minimum absolute atomic E-state index is 0.0320. The SMILES string of the molecule is C=CC(=O)NCC(=O)N1CCN(Sc2cccc3c(OC(F)SF)nccc23)CC1. The van der Waals surface area contributed by atoms with E-state index in [2.05, 4.69) is 21.2 Å². The lowest BCUT2D eigenvalue weighted by Gasteiger charge is -2.34. The Morgan fingerprint density at radius 1 is 1.27 bits per heavy atom. The summed E-state index contributed by atoms with van der Waals surface area (Å²) in [5.74, 6) is -0.487. The molecule has 30 heavy (non-hydrogen) atoms. The summed E-state index contributed by atoms with van der Waals surface area (Å²) < 4.78 is 32.7. The lowest BCUT2D eigenvalue weighted by atomic mass is 10.2. The van der Waals surface area contributed by atoms with Crippen molar-refractivity contribution >= 4 is 46.7 Å². The van der Waals surface area contributed by atoms with Gasteiger partial charge < -0.3 is 15.0 Å². The van der Waals surface area contributed by atoms with Crippen LogP contribution in [0.5, 0.6) is 5.88 Å². The first kappa shape index (κ1) is 22.3. The number of amides is 2. The Hall–Kier alpha value is -2.37. The predicted molar refractivity (Wildman–Crippen MR) is 113 cm³/mol. The van der Waals surface area contributed by atoms with E-state index in [-0.39, 0.29) is 24.2 Å². The molecule has 1 atom stereocenters. The number of hydrogen-bond acceptors (Lipinski definition) is 7. The summed E-state index contributed by atoms with van der Waals surface area (Å²) >= 11 is 0.986. The number of nitrogens with zero attached hydrogens (tertiary/aromatic N) is 3. The van der Waals surface area contributed by atoms with E-state index in [0.717, 1.165) is 16.4 Å². The minimum Gasteiger partial charge on any atom is -0.431 e. The molecule has 2 amide bonds. The van der Waals surface area contributed by atoms with Gasteiger partial charge in [-0.1, -0.05) is 12.6 Å². The number of aromatic nitrogens is 1. The molecule has 1 saturated heterocycles. The van der Waals surface area contributed by atoms with Crippen LogP contribution >= 0.6 is 24.1 Å². The van der Waals surface area contributed by atoms with Crippen LogP contribution in [0, 0.1) is 0 Å². The van der Waals surface area contributed by atoms with E-state index in [4.69, 9.17) is 4.74 Å². The Morgan fingerprint density at radius 2 is 2.03 bits per heavy atom. The van der Waals surface area contributed by atoms with Crippen LogP contribution in [0.4, 0.5) is 8.28 Å². The average molecular weight is 455 g/mol. The van der Waals surface area contributed by atoms with E-state index < -0.39 is 17.8 Å². The molecule has 11 heteroatoms. The van der Waals surface area contributed by atoms with Crippen molar-refractivity contribution in [2.45, 2.75) is 10.6 Å². The summed E-state index contributed by atoms with van der Waals surface area (Å²) in [6.45, 7) is 5.65. The smallest absolute Gasteiger partial charge is 0.317 e. The molecule has 1 fully saturated rings. The fourth-order valence-corrected chi connectivity index (χ4v) is 4.11. The molecule has 1 aromatic heterocycles. The molecule has 1 aromatic carbocycles. The highest BCUT2D eigenvalue weighted by Gasteiger charge is 2.22. The highest BCUT2D eigenvalue weighted by atomic mass is 32.2. The van der Waals surface area contributed by atoms with E-state index >= 15 is 0 Å². The number of benzene rings is 1. The molecule has 3 rings (SSSR count). The maximum absolute atomic E-state index is 13.3. The van der Waals surface area contributed by atoms with Gasteiger partial charge in [-0.2, -0.15) is 8.28 Å². The van der Waals surface area contributed by atoms with Crippen molar-refractivity contribution in [1.29, 1.82) is 0 Å². The van der Waals surface area contributed by atoms with Crippen LogP contribution in [-0.2, 0) is 9.59 Å². The second-order valence-corrected chi connectivity index (χ2v) is 7.96. The van der Waals surface area contributed by atoms with Gasteiger partial charge in [-0.15, -0.1) is 0 Å². The van der Waals surface area contributed by atoms with E-state index in [0.29, 0.717) is 31.6 Å². The number of nitrogens with one attached hydrogen (secondary N) is 1. The zero-order valence-corrected chi connectivity index (χ0v) is 17.6. The topological polar surface area (TPSA) is 74.8 Å². The van der Waals surface area contributed by atoms with Crippen molar-refractivity contribution in [1.82, 2.24) is 19.5 Å². The fourth-order valence-electron chi connectivity index (χ4n) is 2.95. The second-order valence-electron chi connectivity index (χ2n) is 6.27. The zero-order valence-electron chi connectivity index (χ0n) is 15.9. The van der Waals surface area contributed by atoms with Crippen LogP contribution < -0.4 is 10.1 Å². The van der Waals surface area contributed by atoms with Gasteiger partial charge in [0.2, 0.25) is 17.7 Å². The van der Waals surface area contributed by atoms with E-state index in [1.54, 1.807) is 23.1 Å². The normalized spacial score (nSPS) is 15.6. The van der Waals surface area contributed by atoms with Crippen LogP contribution in [0.2, 0.25) is 0 Å². The molecule has 1 unspecified atom stereocenters. The molecule has 2 heterocycles. The Labute approximate surface area is 181 Å². The molecule has 1 N–H and O–H groups in total. The van der Waals surface area contributed by atoms with Crippen molar-refractivity contribution in [2.75, 3.05) is 32.7 Å². The molecular formula is C19H20F2N4O3S2. The number of ether oxygens (including phenoxy) is 1. The van der Waals surface area contributed by atoms with Crippen molar-refractivity contribution in [3.63, 3.8) is 0 Å². The lowest BCUT2D eigenvalue weighted by Crippen LogP contribution is -2.49. The van der Waals surface area contributed by atoms with Crippen LogP contribution in [0.15, 0.2) is 48.0 Å². The van der Waals surface area contributed by atoms with Crippen molar-refractivity contribution in [3.05, 3.63) is 43.1 Å². The highest BCUT2D eigenvalue weighted by molar-refractivity contribution is 7.97. The summed E-state index contributed by atoms with van der Waals surface area (Å²) in [6, 6.07) is 7.26. The first-order valence-electron chi connectivity index (χ1n) is 9.08. The molecule has 0 spiro atoms. The number of fused-ring (bicyclic) bond motifs is 1. The molecule has 160 valence electrons. The minimum atomic E-state index is -2.14. The Bertz CT molecular complexity index is 926. The Balaban J connectivity index is 1.62. The standard InChI is InChI=1S/C19H20F2N4O3S2/c1-2-16(26)23-12-17(27)24-8-10-25(11-9-24)30-15-5-3-4-14-13(15)6-7-22-18(14)28-19(20)29-21/h2-7,19H,1,8-12H2,(H,23,26). The number of hydrogen-bond donors (Lipinski definition) is 1. The summed E-state index contributed by atoms with van der Waals surface area (Å²) in [5, 5.41) is 3.89. The molecule has 1 aliphatic heterocycles. The molecule has 2 aromatic rings. The summed E-state index contributed by atoms with van der Waals surface area (Å²) in [4.78, 5) is 30.0. The van der Waals surface area contributed by atoms with Crippen molar-refractivity contribution < 1.29 is 22.6 Å². The summed E-state index contributed by atoms with van der Waals surface area (Å²) in [7, 11) is 0. The maximum Gasteiger partial charge on any atom is 0.317 e. The van der Waals surface area contributed by atoms with E-state index in [1.807, 2.05) is 6.07 Å². The Kier molecular flexibility index (Phi) is 7.88. The fraction of sp³-hybridized carbons (Fsp3) is 0.316. The van der Waals surface area contributed by atoms with Gasteiger partial charge in [-0.05, 0) is 36.2 Å². The van der Waals surface area contributed by atoms with Crippen LogP contribution in [-0.4, -0.2) is 64.4 Å². The van der Waals surface area contributed by atoms with E-state index in [9.17, 15) is 17.9 Å². The summed E-state index contributed by atoms with van der Waals surface area (Å²) in [5.41, 5.74) is -2.14. The molecule has 0 aliphatic carbocycles. The summed E-state index contributed by atoms with van der Waals surface area (Å²) in [6.07, 6.45) is 2.62. The van der Waals surface area contributed by atoms with Gasteiger partial charge in [0.1, 0.15) is 12.1 Å². The predicted octanol–water partition coefficient (Wildman–Crippen LogP) is 2.94. The molecule has 1 aliphatic rings. The van der Waals surface area contributed by atoms with Crippen LogP contribution in [0.3, 0.4) is 0 Å². The quantitative estimate of drug-likeness (QED) is 0.373. The third-order valence-corrected chi connectivity index (χ3v) is 5.83. The molecule has 7 nitrogen and oxygen atoms in total. The largest absolute Gasteiger partial charge is 0.431 e. The number of piperazine rings is 1. The molecule has 0 radical (unpaired) electrons. The number of pyridine rings is 1. The Morgan fingerprint density at radius 3 is 2.73 bits per heavy atom. The molecule has 0 bridgehead atoms. The number of carbonyl (C=O) groups excluding carboxylic acids is 2. The van der Waals surface area contributed by atoms with Crippen molar-refractivity contribution in [3.8, 4) is 5.88 Å². The van der Waals surface area contributed by atoms with Crippen LogP contribution in [0.25, 0.3) is 10.8 Å². The molecular weight excluding hydrogens is 434 g/mol. The third-order valence-electron chi connectivity index (χ3n) is 4.42. The second kappa shape index (κ2) is 10.6. The monoisotopic (exact) mass is 454 g/mol. The number of rotatable bonds is 8. The maximum atomic E-state index is 13.3. The first-order chi connectivity index (χ1) is 14.5. The van der Waals surface area contributed by atoms with Gasteiger partial charge in [0, 0.05) is 48.0 Å².